The maximum absolute atomic E-state index is 11.6. The van der Waals surface area contributed by atoms with E-state index in [4.69, 9.17) is 9.60 Å². The van der Waals surface area contributed by atoms with Gasteiger partial charge in [0.1, 0.15) is 0 Å². The highest BCUT2D eigenvalue weighted by Crippen LogP contribution is 2.11. The van der Waals surface area contributed by atoms with Crippen molar-refractivity contribution in [2.24, 2.45) is 0 Å². The lowest BCUT2D eigenvalue weighted by molar-refractivity contribution is -0.384. The first-order valence-electron chi connectivity index (χ1n) is 6.29. The fourth-order valence-corrected chi connectivity index (χ4v) is 0.511. The molecule has 0 radical (unpaired) electrons. The summed E-state index contributed by atoms with van der Waals surface area (Å²) in [7, 11) is 0. The van der Waals surface area contributed by atoms with E-state index >= 15 is 0 Å². The number of carbonyl (C=O) groups is 1. The molecular formula is C8H7NO3. The Balaban J connectivity index is 3.72. The van der Waals surface area contributed by atoms with Gasteiger partial charge in [-0.2, -0.15) is 0 Å². The second kappa shape index (κ2) is 3.13. The molecule has 0 bridgehead atoms. The Labute approximate surface area is 78.8 Å². The Morgan fingerprint density at radius 3 is 2.58 bits per heavy atom. The van der Waals surface area contributed by atoms with Gasteiger partial charge in [-0.05, 0) is 18.9 Å². The molecule has 0 unspecified atom stereocenters. The van der Waals surface area contributed by atoms with Gasteiger partial charge in [0.05, 0.1) is 10.4 Å². The molecule has 0 aliphatic rings. The van der Waals surface area contributed by atoms with Crippen LogP contribution in [0.3, 0.4) is 0 Å². The summed E-state index contributed by atoms with van der Waals surface area (Å²) in [6, 6.07) is -4.18. The molecule has 4 nitrogen and oxygen atoms in total. The Morgan fingerprint density at radius 2 is 2.17 bits per heavy atom. The first-order chi connectivity index (χ1) is 8.50. The van der Waals surface area contributed by atoms with Crippen molar-refractivity contribution in [2.75, 3.05) is 0 Å². The molecule has 0 aliphatic carbocycles. The van der Waals surface area contributed by atoms with Crippen molar-refractivity contribution >= 4 is 11.5 Å². The maximum Gasteiger partial charge on any atom is 0.269 e. The quantitative estimate of drug-likeness (QED) is 0.388. The van der Waals surface area contributed by atoms with Gasteiger partial charge in [0.15, 0.2) is 5.78 Å². The van der Waals surface area contributed by atoms with Crippen molar-refractivity contribution in [2.45, 2.75) is 6.85 Å². The minimum atomic E-state index is -3.15. The predicted molar refractivity (Wildman–Crippen MR) is 43.1 cm³/mol. The predicted octanol–water partition coefficient (Wildman–Crippen LogP) is 1.80. The molecule has 1 aromatic carbocycles. The van der Waals surface area contributed by atoms with E-state index in [1.165, 1.54) is 0 Å². The van der Waals surface area contributed by atoms with Crippen molar-refractivity contribution in [3.05, 3.63) is 39.8 Å². The van der Waals surface area contributed by atoms with E-state index in [0.29, 0.717) is 0 Å². The zero-order valence-electron chi connectivity index (χ0n) is 12.7. The maximum atomic E-state index is 11.6. The number of nitro groups is 1. The summed E-state index contributed by atoms with van der Waals surface area (Å²) < 4.78 is 50.2. The van der Waals surface area contributed by atoms with Gasteiger partial charge in [0.25, 0.3) is 5.69 Å². The molecule has 1 rings (SSSR count). The number of nitrogens with zero attached hydrogens (tertiary/aromatic N) is 1. The molecule has 0 atom stereocenters. The first-order valence-corrected chi connectivity index (χ1v) is 2.79. The third kappa shape index (κ3) is 1.66. The van der Waals surface area contributed by atoms with Gasteiger partial charge < -0.3 is 0 Å². The smallest absolute Gasteiger partial charge is 0.269 e. The van der Waals surface area contributed by atoms with Crippen molar-refractivity contribution in [3.63, 3.8) is 0 Å². The number of benzene rings is 1. The molecule has 0 saturated carbocycles. The SMILES string of the molecule is [2H]c1c([2H])c([N+](=O)[O-])c([2H])c([2H])c1C(=O)C([2H])([2H])[2H]. The monoisotopic (exact) mass is 172 g/mol. The average Bonchev–Trinajstić information content (AvgIpc) is 2.25. The molecule has 0 fully saturated rings. The number of carbonyl (C=O) groups excluding carboxylic acids is 1. The van der Waals surface area contributed by atoms with Crippen LogP contribution in [0, 0.1) is 10.1 Å². The van der Waals surface area contributed by atoms with Crippen LogP contribution in [-0.4, -0.2) is 10.7 Å². The molecule has 62 valence electrons. The highest BCUT2D eigenvalue weighted by molar-refractivity contribution is 5.94. The van der Waals surface area contributed by atoms with Gasteiger partial charge in [-0.3, -0.25) is 14.9 Å². The van der Waals surface area contributed by atoms with Crippen LogP contribution in [0.5, 0.6) is 0 Å². The first kappa shape index (κ1) is 2.97. The zero-order valence-corrected chi connectivity index (χ0v) is 5.67. The second-order valence-corrected chi connectivity index (χ2v) is 1.81. The Hall–Kier alpha value is -1.71. The van der Waals surface area contributed by atoms with Gasteiger partial charge in [0, 0.05) is 21.8 Å². The van der Waals surface area contributed by atoms with E-state index in [9.17, 15) is 14.9 Å². The number of rotatable bonds is 2. The van der Waals surface area contributed by atoms with Crippen LogP contribution in [0.15, 0.2) is 24.2 Å². The fraction of sp³-hybridized carbons (Fsp3) is 0.125. The fourth-order valence-electron chi connectivity index (χ4n) is 0.511. The Morgan fingerprint density at radius 1 is 1.58 bits per heavy atom. The van der Waals surface area contributed by atoms with Gasteiger partial charge in [-0.1, -0.05) is 0 Å². The van der Waals surface area contributed by atoms with Crippen molar-refractivity contribution in [1.82, 2.24) is 0 Å². The topological polar surface area (TPSA) is 60.2 Å². The lowest BCUT2D eigenvalue weighted by Crippen LogP contribution is -1.92. The van der Waals surface area contributed by atoms with E-state index in [-0.39, 0.29) is 0 Å². The van der Waals surface area contributed by atoms with Crippen LogP contribution < -0.4 is 0 Å². The summed E-state index contributed by atoms with van der Waals surface area (Å²) in [6.07, 6.45) is 0. The zero-order chi connectivity index (χ0) is 15.1. The average molecular weight is 172 g/mol. The third-order valence-corrected chi connectivity index (χ3v) is 1.02. The number of ketones is 1. The summed E-state index contributed by atoms with van der Waals surface area (Å²) in [6.45, 7) is -3.15. The van der Waals surface area contributed by atoms with Gasteiger partial charge in [0.2, 0.25) is 0 Å². The standard InChI is InChI=1S/C8H7NO3/c1-6(10)7-2-4-8(5-3-7)9(11)12/h2-5H,1H3/i1D3,2D,3D,4D,5D. The van der Waals surface area contributed by atoms with E-state index < -0.39 is 53.0 Å². The van der Waals surface area contributed by atoms with E-state index in [0.717, 1.165) is 0 Å². The molecular weight excluding hydrogens is 158 g/mol. The lowest BCUT2D eigenvalue weighted by Gasteiger charge is -1.93. The lowest BCUT2D eigenvalue weighted by atomic mass is 10.1. The molecule has 1 aromatic rings. The summed E-state index contributed by atoms with van der Waals surface area (Å²) >= 11 is 0. The molecule has 0 spiro atoms. The van der Waals surface area contributed by atoms with Crippen molar-refractivity contribution < 1.29 is 19.3 Å². The number of hydrogen-bond acceptors (Lipinski definition) is 3. The number of hydrogen-bond donors (Lipinski definition) is 0. The van der Waals surface area contributed by atoms with Crippen molar-refractivity contribution in [1.29, 1.82) is 0 Å². The summed E-state index contributed by atoms with van der Waals surface area (Å²) in [4.78, 5) is 21.1. The van der Waals surface area contributed by atoms with E-state index in [2.05, 4.69) is 0 Å². The van der Waals surface area contributed by atoms with Crippen LogP contribution >= 0.6 is 0 Å². The van der Waals surface area contributed by atoms with Crippen LogP contribution in [0.25, 0.3) is 0 Å². The highest BCUT2D eigenvalue weighted by atomic mass is 16.6. The normalized spacial score (nSPS) is 18.8. The van der Waals surface area contributed by atoms with E-state index in [1.54, 1.807) is 0 Å². The van der Waals surface area contributed by atoms with Gasteiger partial charge in [-0.15, -0.1) is 0 Å². The van der Waals surface area contributed by atoms with Gasteiger partial charge in [-0.25, -0.2) is 0 Å². The van der Waals surface area contributed by atoms with E-state index in [1.807, 2.05) is 0 Å². The number of nitro benzene ring substituents is 1. The Bertz CT molecular complexity index is 552. The summed E-state index contributed by atoms with van der Waals surface area (Å²) in [5.74, 6) is -1.58. The van der Waals surface area contributed by atoms with Crippen LogP contribution in [-0.2, 0) is 0 Å². The van der Waals surface area contributed by atoms with Crippen LogP contribution in [0.1, 0.15) is 26.8 Å². The summed E-state index contributed by atoms with van der Waals surface area (Å²) in [5, 5.41) is 10.6. The molecule has 0 saturated heterocycles. The van der Waals surface area contributed by atoms with Crippen molar-refractivity contribution in [3.8, 4) is 0 Å². The highest BCUT2D eigenvalue weighted by Gasteiger charge is 2.05. The molecule has 0 amide bonds. The third-order valence-electron chi connectivity index (χ3n) is 1.02. The molecule has 4 heteroatoms. The second-order valence-electron chi connectivity index (χ2n) is 1.81. The molecule has 0 heterocycles. The molecule has 12 heavy (non-hydrogen) atoms. The number of Topliss-reactive ketones (excluding diaryl/α,β-unsaturated/α-hetero) is 1. The van der Waals surface area contributed by atoms with Crippen LogP contribution in [0.4, 0.5) is 5.69 Å². The summed E-state index contributed by atoms with van der Waals surface area (Å²) in [5.41, 5.74) is -2.07. The largest absolute Gasteiger partial charge is 0.295 e. The Kier molecular flexibility index (Phi) is 0.774. The van der Waals surface area contributed by atoms with Gasteiger partial charge >= 0.3 is 0 Å². The molecule has 0 aromatic heterocycles. The molecule has 0 N–H and O–H groups in total. The minimum absolute atomic E-state index is 0.972. The minimum Gasteiger partial charge on any atom is -0.295 e. The molecule has 0 aliphatic heterocycles. The van der Waals surface area contributed by atoms with Crippen LogP contribution in [0.2, 0.25) is 0 Å².